The predicted molar refractivity (Wildman–Crippen MR) is 61.0 cm³/mol. The first-order valence-electron chi connectivity index (χ1n) is 5.48. The van der Waals surface area contributed by atoms with Gasteiger partial charge in [0.25, 0.3) is 5.91 Å². The number of Topliss-reactive ketones (excluding diaryl/α,β-unsaturated/α-hetero) is 1. The summed E-state index contributed by atoms with van der Waals surface area (Å²) in [5.74, 6) is -0.705. The molecular weight excluding hydrogens is 206 g/mol. The molecule has 1 amide bonds. The van der Waals surface area contributed by atoms with Crippen molar-refractivity contribution in [2.75, 3.05) is 0 Å². The minimum atomic E-state index is -0.470. The number of aliphatic hydroxyl groups is 1. The van der Waals surface area contributed by atoms with Crippen molar-refractivity contribution >= 4 is 11.7 Å². The highest BCUT2D eigenvalue weighted by Gasteiger charge is 2.31. The average molecular weight is 225 g/mol. The van der Waals surface area contributed by atoms with Crippen molar-refractivity contribution in [2.24, 2.45) is 5.92 Å². The SMILES string of the molecule is CC1CC(=O)C(C(=O)NC(C)(C)C)=C(O)C1. The molecule has 0 saturated heterocycles. The molecule has 2 N–H and O–H groups in total. The van der Waals surface area contributed by atoms with Gasteiger partial charge in [-0.05, 0) is 26.7 Å². The van der Waals surface area contributed by atoms with Crippen LogP contribution in [0.5, 0.6) is 0 Å². The number of carbonyl (C=O) groups is 2. The van der Waals surface area contributed by atoms with Crippen molar-refractivity contribution < 1.29 is 14.7 Å². The van der Waals surface area contributed by atoms with Crippen molar-refractivity contribution in [3.63, 3.8) is 0 Å². The van der Waals surface area contributed by atoms with E-state index in [1.165, 1.54) is 0 Å². The summed E-state index contributed by atoms with van der Waals surface area (Å²) in [4.78, 5) is 23.5. The number of hydrogen-bond donors (Lipinski definition) is 2. The van der Waals surface area contributed by atoms with E-state index in [0.717, 1.165) is 0 Å². The van der Waals surface area contributed by atoms with Gasteiger partial charge in [-0.25, -0.2) is 0 Å². The van der Waals surface area contributed by atoms with Crippen molar-refractivity contribution in [2.45, 2.75) is 46.1 Å². The van der Waals surface area contributed by atoms with Crippen LogP contribution in [0.2, 0.25) is 0 Å². The quantitative estimate of drug-likeness (QED) is 0.668. The third kappa shape index (κ3) is 3.08. The standard InChI is InChI=1S/C12H19NO3/c1-7-5-8(14)10(9(15)6-7)11(16)13-12(2,3)4/h7,14H,5-6H2,1-4H3,(H,13,16). The van der Waals surface area contributed by atoms with Gasteiger partial charge in [-0.1, -0.05) is 6.92 Å². The van der Waals surface area contributed by atoms with Gasteiger partial charge in [0.2, 0.25) is 0 Å². The van der Waals surface area contributed by atoms with E-state index in [1.807, 2.05) is 27.7 Å². The van der Waals surface area contributed by atoms with Gasteiger partial charge in [0, 0.05) is 18.4 Å². The molecule has 4 nitrogen and oxygen atoms in total. The second-order valence-corrected chi connectivity index (χ2v) is 5.46. The van der Waals surface area contributed by atoms with Crippen molar-refractivity contribution in [3.8, 4) is 0 Å². The minimum absolute atomic E-state index is 0.0620. The Balaban J connectivity index is 2.90. The molecule has 1 aliphatic rings. The average Bonchev–Trinajstić information content (AvgIpc) is 1.96. The third-order valence-corrected chi connectivity index (χ3v) is 2.36. The molecule has 90 valence electrons. The van der Waals surface area contributed by atoms with Crippen LogP contribution < -0.4 is 5.32 Å². The van der Waals surface area contributed by atoms with E-state index in [9.17, 15) is 14.7 Å². The van der Waals surface area contributed by atoms with Gasteiger partial charge in [0.1, 0.15) is 11.3 Å². The Hall–Kier alpha value is -1.32. The molecule has 0 spiro atoms. The highest BCUT2D eigenvalue weighted by Crippen LogP contribution is 2.25. The second-order valence-electron chi connectivity index (χ2n) is 5.46. The van der Waals surface area contributed by atoms with Gasteiger partial charge < -0.3 is 10.4 Å². The van der Waals surface area contributed by atoms with E-state index >= 15 is 0 Å². The topological polar surface area (TPSA) is 66.4 Å². The monoisotopic (exact) mass is 225 g/mol. The van der Waals surface area contributed by atoms with Crippen LogP contribution >= 0.6 is 0 Å². The van der Waals surface area contributed by atoms with Crippen LogP contribution in [0, 0.1) is 5.92 Å². The van der Waals surface area contributed by atoms with Gasteiger partial charge in [0.05, 0.1) is 0 Å². The van der Waals surface area contributed by atoms with E-state index < -0.39 is 11.4 Å². The maximum atomic E-state index is 11.8. The lowest BCUT2D eigenvalue weighted by molar-refractivity contribution is -0.124. The Kier molecular flexibility index (Phi) is 3.41. The maximum absolute atomic E-state index is 11.8. The highest BCUT2D eigenvalue weighted by atomic mass is 16.3. The molecule has 1 unspecified atom stereocenters. The van der Waals surface area contributed by atoms with Crippen molar-refractivity contribution in [1.82, 2.24) is 5.32 Å². The number of nitrogens with one attached hydrogen (secondary N) is 1. The molecule has 0 aromatic rings. The van der Waals surface area contributed by atoms with Crippen LogP contribution in [0.1, 0.15) is 40.5 Å². The zero-order valence-electron chi connectivity index (χ0n) is 10.3. The van der Waals surface area contributed by atoms with Crippen LogP contribution in [0.4, 0.5) is 0 Å². The molecular formula is C12H19NO3. The fraction of sp³-hybridized carbons (Fsp3) is 0.667. The lowest BCUT2D eigenvalue weighted by atomic mass is 9.87. The van der Waals surface area contributed by atoms with Crippen molar-refractivity contribution in [3.05, 3.63) is 11.3 Å². The summed E-state index contributed by atoms with van der Waals surface area (Å²) in [6.45, 7) is 7.38. The molecule has 0 saturated carbocycles. The summed E-state index contributed by atoms with van der Waals surface area (Å²) in [6.07, 6.45) is 0.732. The van der Waals surface area contributed by atoms with Crippen LogP contribution in [-0.4, -0.2) is 22.3 Å². The number of amides is 1. The molecule has 16 heavy (non-hydrogen) atoms. The zero-order chi connectivity index (χ0) is 12.5. The highest BCUT2D eigenvalue weighted by molar-refractivity contribution is 6.20. The Bertz CT molecular complexity index is 350. The Labute approximate surface area is 95.7 Å². The fourth-order valence-corrected chi connectivity index (χ4v) is 1.74. The first-order valence-corrected chi connectivity index (χ1v) is 5.48. The van der Waals surface area contributed by atoms with Crippen LogP contribution in [0.15, 0.2) is 11.3 Å². The summed E-state index contributed by atoms with van der Waals surface area (Å²) in [5, 5.41) is 12.4. The number of hydrogen-bond acceptors (Lipinski definition) is 3. The fourth-order valence-electron chi connectivity index (χ4n) is 1.74. The predicted octanol–water partition coefficient (Wildman–Crippen LogP) is 1.71. The van der Waals surface area contributed by atoms with E-state index in [2.05, 4.69) is 5.32 Å². The van der Waals surface area contributed by atoms with Crippen LogP contribution in [0.25, 0.3) is 0 Å². The van der Waals surface area contributed by atoms with Gasteiger partial charge in [-0.15, -0.1) is 0 Å². The Morgan fingerprint density at radius 2 is 1.94 bits per heavy atom. The summed E-state index contributed by atoms with van der Waals surface area (Å²) < 4.78 is 0. The lowest BCUT2D eigenvalue weighted by Gasteiger charge is -2.24. The number of allylic oxidation sites excluding steroid dienone is 1. The van der Waals surface area contributed by atoms with Crippen molar-refractivity contribution in [1.29, 1.82) is 0 Å². The first kappa shape index (κ1) is 12.7. The lowest BCUT2D eigenvalue weighted by Crippen LogP contribution is -2.43. The molecule has 0 radical (unpaired) electrons. The smallest absolute Gasteiger partial charge is 0.258 e. The summed E-state index contributed by atoms with van der Waals surface area (Å²) in [7, 11) is 0. The summed E-state index contributed by atoms with van der Waals surface area (Å²) >= 11 is 0. The number of rotatable bonds is 1. The Morgan fingerprint density at radius 3 is 2.38 bits per heavy atom. The number of carbonyl (C=O) groups excluding carboxylic acids is 2. The number of ketones is 1. The molecule has 0 fully saturated rings. The second kappa shape index (κ2) is 4.28. The maximum Gasteiger partial charge on any atom is 0.258 e. The molecule has 0 aromatic carbocycles. The van der Waals surface area contributed by atoms with Crippen LogP contribution in [0.3, 0.4) is 0 Å². The molecule has 1 atom stereocenters. The Morgan fingerprint density at radius 1 is 1.38 bits per heavy atom. The molecule has 1 aliphatic carbocycles. The van der Waals surface area contributed by atoms with Gasteiger partial charge >= 0.3 is 0 Å². The van der Waals surface area contributed by atoms with Crippen LogP contribution in [-0.2, 0) is 9.59 Å². The van der Waals surface area contributed by atoms with Gasteiger partial charge in [-0.3, -0.25) is 9.59 Å². The van der Waals surface area contributed by atoms with Gasteiger partial charge in [-0.2, -0.15) is 0 Å². The van der Waals surface area contributed by atoms with E-state index in [4.69, 9.17) is 0 Å². The normalized spacial score (nSPS) is 22.2. The number of aliphatic hydroxyl groups excluding tert-OH is 1. The van der Waals surface area contributed by atoms with E-state index in [-0.39, 0.29) is 23.0 Å². The molecule has 1 rings (SSSR count). The molecule has 4 heteroatoms. The largest absolute Gasteiger partial charge is 0.511 e. The van der Waals surface area contributed by atoms with E-state index in [0.29, 0.717) is 12.8 Å². The third-order valence-electron chi connectivity index (χ3n) is 2.36. The van der Waals surface area contributed by atoms with Gasteiger partial charge in [0.15, 0.2) is 5.78 Å². The molecule has 0 aliphatic heterocycles. The van der Waals surface area contributed by atoms with E-state index in [1.54, 1.807) is 0 Å². The molecule has 0 bridgehead atoms. The molecule has 0 heterocycles. The summed E-state index contributed by atoms with van der Waals surface area (Å²) in [5.41, 5.74) is -0.471. The minimum Gasteiger partial charge on any atom is -0.511 e. The first-order chi connectivity index (χ1) is 7.20. The summed E-state index contributed by atoms with van der Waals surface area (Å²) in [6, 6.07) is 0. The zero-order valence-corrected chi connectivity index (χ0v) is 10.3. The molecule has 0 aromatic heterocycles.